The zero-order valence-corrected chi connectivity index (χ0v) is 12.5. The SMILES string of the molecule is O=C1c2ccccc2CC1C(=O)c1cccc2c1CCCC2. The molecule has 0 amide bonds. The van der Waals surface area contributed by atoms with Gasteiger partial charge in [-0.1, -0.05) is 42.5 Å². The van der Waals surface area contributed by atoms with Gasteiger partial charge in [0.2, 0.25) is 0 Å². The number of carbonyl (C=O) groups is 2. The van der Waals surface area contributed by atoms with E-state index in [1.807, 2.05) is 36.4 Å². The van der Waals surface area contributed by atoms with E-state index in [4.69, 9.17) is 0 Å². The van der Waals surface area contributed by atoms with Gasteiger partial charge in [0.25, 0.3) is 0 Å². The lowest BCUT2D eigenvalue weighted by molar-refractivity contribution is 0.0821. The second kappa shape index (κ2) is 5.20. The standard InChI is InChI=1S/C20H18O2/c21-19-16-10-4-2-7-14(16)12-18(19)20(22)17-11-5-8-13-6-1-3-9-15(13)17/h2,4-5,7-8,10-11,18H,1,3,6,9,12H2. The van der Waals surface area contributed by atoms with Crippen molar-refractivity contribution in [3.63, 3.8) is 0 Å². The Balaban J connectivity index is 1.71. The van der Waals surface area contributed by atoms with Crippen LogP contribution < -0.4 is 0 Å². The summed E-state index contributed by atoms with van der Waals surface area (Å²) in [5.41, 5.74) is 4.99. The minimum atomic E-state index is -0.522. The summed E-state index contributed by atoms with van der Waals surface area (Å²) in [6.45, 7) is 0. The van der Waals surface area contributed by atoms with Crippen molar-refractivity contribution in [1.29, 1.82) is 0 Å². The summed E-state index contributed by atoms with van der Waals surface area (Å²) in [6.07, 6.45) is 4.90. The summed E-state index contributed by atoms with van der Waals surface area (Å²) in [5.74, 6) is -0.514. The minimum Gasteiger partial charge on any atom is -0.293 e. The van der Waals surface area contributed by atoms with Crippen LogP contribution in [0.2, 0.25) is 0 Å². The van der Waals surface area contributed by atoms with Gasteiger partial charge in [-0.3, -0.25) is 9.59 Å². The molecule has 0 N–H and O–H groups in total. The third-order valence-electron chi connectivity index (χ3n) is 5.00. The van der Waals surface area contributed by atoms with Gasteiger partial charge in [-0.25, -0.2) is 0 Å². The van der Waals surface area contributed by atoms with E-state index in [1.54, 1.807) is 0 Å². The topological polar surface area (TPSA) is 34.1 Å². The highest BCUT2D eigenvalue weighted by Gasteiger charge is 2.36. The highest BCUT2D eigenvalue weighted by molar-refractivity contribution is 6.19. The Morgan fingerprint density at radius 2 is 1.68 bits per heavy atom. The number of carbonyl (C=O) groups excluding carboxylic acids is 2. The Morgan fingerprint density at radius 3 is 2.55 bits per heavy atom. The Morgan fingerprint density at radius 1 is 0.909 bits per heavy atom. The van der Waals surface area contributed by atoms with Crippen molar-refractivity contribution in [3.8, 4) is 0 Å². The number of fused-ring (bicyclic) bond motifs is 2. The lowest BCUT2D eigenvalue weighted by Gasteiger charge is -2.19. The second-order valence-corrected chi connectivity index (χ2v) is 6.29. The molecule has 2 aliphatic rings. The first-order valence-electron chi connectivity index (χ1n) is 8.03. The maximum absolute atomic E-state index is 13.0. The molecule has 1 atom stereocenters. The van der Waals surface area contributed by atoms with Crippen LogP contribution in [0.15, 0.2) is 42.5 Å². The van der Waals surface area contributed by atoms with E-state index < -0.39 is 5.92 Å². The first-order valence-corrected chi connectivity index (χ1v) is 8.03. The molecule has 2 nitrogen and oxygen atoms in total. The van der Waals surface area contributed by atoms with Gasteiger partial charge < -0.3 is 0 Å². The highest BCUT2D eigenvalue weighted by atomic mass is 16.2. The van der Waals surface area contributed by atoms with Gasteiger partial charge in [0.15, 0.2) is 11.6 Å². The fraction of sp³-hybridized carbons (Fsp3) is 0.300. The Hall–Kier alpha value is -2.22. The van der Waals surface area contributed by atoms with Crippen LogP contribution in [0.4, 0.5) is 0 Å². The molecule has 2 aliphatic carbocycles. The number of hydrogen-bond donors (Lipinski definition) is 0. The van der Waals surface area contributed by atoms with E-state index in [1.165, 1.54) is 17.5 Å². The summed E-state index contributed by atoms with van der Waals surface area (Å²) in [5, 5.41) is 0. The van der Waals surface area contributed by atoms with Gasteiger partial charge in [-0.05, 0) is 48.8 Å². The summed E-state index contributed by atoms with van der Waals surface area (Å²) in [6, 6.07) is 13.6. The summed E-state index contributed by atoms with van der Waals surface area (Å²) >= 11 is 0. The molecule has 110 valence electrons. The molecule has 0 aliphatic heterocycles. The number of Topliss-reactive ketones (excluding diaryl/α,β-unsaturated/α-hetero) is 2. The normalized spacial score (nSPS) is 19.6. The third-order valence-corrected chi connectivity index (χ3v) is 5.00. The number of rotatable bonds is 2. The van der Waals surface area contributed by atoms with E-state index >= 15 is 0 Å². The molecule has 22 heavy (non-hydrogen) atoms. The predicted octanol–water partition coefficient (Wildman–Crippen LogP) is 3.80. The second-order valence-electron chi connectivity index (χ2n) is 6.29. The molecule has 4 rings (SSSR count). The van der Waals surface area contributed by atoms with E-state index in [2.05, 4.69) is 6.07 Å². The van der Waals surface area contributed by atoms with E-state index in [-0.39, 0.29) is 11.6 Å². The molecule has 2 heteroatoms. The van der Waals surface area contributed by atoms with Crippen molar-refractivity contribution in [2.24, 2.45) is 5.92 Å². The number of ketones is 2. The van der Waals surface area contributed by atoms with Crippen molar-refractivity contribution in [2.45, 2.75) is 32.1 Å². The molecular weight excluding hydrogens is 272 g/mol. The maximum Gasteiger partial charge on any atom is 0.174 e. The van der Waals surface area contributed by atoms with Gasteiger partial charge in [0.05, 0.1) is 5.92 Å². The fourth-order valence-corrected chi connectivity index (χ4v) is 3.85. The molecular formula is C20H18O2. The molecule has 0 fully saturated rings. The molecule has 0 spiro atoms. The quantitative estimate of drug-likeness (QED) is 0.622. The first kappa shape index (κ1) is 13.4. The van der Waals surface area contributed by atoms with Gasteiger partial charge in [0, 0.05) is 11.1 Å². The zero-order chi connectivity index (χ0) is 15.1. The molecule has 2 aromatic rings. The van der Waals surface area contributed by atoms with E-state index in [0.717, 1.165) is 36.0 Å². The van der Waals surface area contributed by atoms with Crippen LogP contribution >= 0.6 is 0 Å². The van der Waals surface area contributed by atoms with Gasteiger partial charge in [-0.2, -0.15) is 0 Å². The number of benzene rings is 2. The summed E-state index contributed by atoms with van der Waals surface area (Å²) < 4.78 is 0. The van der Waals surface area contributed by atoms with Gasteiger partial charge in [-0.15, -0.1) is 0 Å². The van der Waals surface area contributed by atoms with E-state index in [9.17, 15) is 9.59 Å². The molecule has 0 heterocycles. The van der Waals surface area contributed by atoms with Crippen LogP contribution in [-0.2, 0) is 19.3 Å². The monoisotopic (exact) mass is 290 g/mol. The fourth-order valence-electron chi connectivity index (χ4n) is 3.85. The minimum absolute atomic E-state index is 0.00554. The van der Waals surface area contributed by atoms with Crippen LogP contribution in [-0.4, -0.2) is 11.6 Å². The highest BCUT2D eigenvalue weighted by Crippen LogP contribution is 2.32. The van der Waals surface area contributed by atoms with Crippen molar-refractivity contribution in [1.82, 2.24) is 0 Å². The maximum atomic E-state index is 13.0. The molecule has 0 aromatic heterocycles. The molecule has 1 unspecified atom stereocenters. The van der Waals surface area contributed by atoms with Crippen molar-refractivity contribution < 1.29 is 9.59 Å². The summed E-state index contributed by atoms with van der Waals surface area (Å²) in [7, 11) is 0. The average molecular weight is 290 g/mol. The zero-order valence-electron chi connectivity index (χ0n) is 12.5. The van der Waals surface area contributed by atoms with E-state index in [0.29, 0.717) is 6.42 Å². The molecule has 0 radical (unpaired) electrons. The smallest absolute Gasteiger partial charge is 0.174 e. The molecule has 0 saturated heterocycles. The van der Waals surface area contributed by atoms with Crippen LogP contribution in [0.1, 0.15) is 50.2 Å². The Labute approximate surface area is 130 Å². The van der Waals surface area contributed by atoms with Crippen LogP contribution in [0.3, 0.4) is 0 Å². The van der Waals surface area contributed by atoms with Gasteiger partial charge in [0.1, 0.15) is 0 Å². The Kier molecular flexibility index (Phi) is 3.18. The van der Waals surface area contributed by atoms with Crippen molar-refractivity contribution in [3.05, 3.63) is 70.3 Å². The molecule has 0 saturated carbocycles. The van der Waals surface area contributed by atoms with Crippen LogP contribution in [0.5, 0.6) is 0 Å². The third kappa shape index (κ3) is 2.02. The lowest BCUT2D eigenvalue weighted by Crippen LogP contribution is -2.23. The molecule has 0 bridgehead atoms. The predicted molar refractivity (Wildman–Crippen MR) is 85.4 cm³/mol. The largest absolute Gasteiger partial charge is 0.293 e. The lowest BCUT2D eigenvalue weighted by atomic mass is 9.83. The average Bonchev–Trinajstić information content (AvgIpc) is 2.91. The number of aryl methyl sites for hydroxylation is 1. The number of hydrogen-bond acceptors (Lipinski definition) is 2. The van der Waals surface area contributed by atoms with Gasteiger partial charge >= 0.3 is 0 Å². The van der Waals surface area contributed by atoms with Crippen LogP contribution in [0.25, 0.3) is 0 Å². The Bertz CT molecular complexity index is 773. The first-order chi connectivity index (χ1) is 10.8. The molecule has 2 aromatic carbocycles. The van der Waals surface area contributed by atoms with Crippen molar-refractivity contribution in [2.75, 3.05) is 0 Å². The van der Waals surface area contributed by atoms with Crippen LogP contribution in [0, 0.1) is 5.92 Å². The van der Waals surface area contributed by atoms with Crippen molar-refractivity contribution >= 4 is 11.6 Å². The summed E-state index contributed by atoms with van der Waals surface area (Å²) in [4.78, 5) is 25.5.